The van der Waals surface area contributed by atoms with E-state index in [4.69, 9.17) is 0 Å². The van der Waals surface area contributed by atoms with Crippen molar-refractivity contribution in [2.75, 3.05) is 11.5 Å². The first-order valence-electron chi connectivity index (χ1n) is 6.70. The van der Waals surface area contributed by atoms with Crippen LogP contribution in [0.25, 0.3) is 0 Å². The summed E-state index contributed by atoms with van der Waals surface area (Å²) in [5.74, 6) is 0.154. The molecule has 1 atom stereocenters. The summed E-state index contributed by atoms with van der Waals surface area (Å²) in [6.07, 6.45) is -0.618. The van der Waals surface area contributed by atoms with Gasteiger partial charge in [-0.2, -0.15) is 0 Å². The van der Waals surface area contributed by atoms with Gasteiger partial charge in [0, 0.05) is 11.3 Å². The fourth-order valence-electron chi connectivity index (χ4n) is 1.57. The number of urea groups is 1. The Balaban J connectivity index is 2.26. The maximum Gasteiger partial charge on any atom is 0.321 e. The highest BCUT2D eigenvalue weighted by atomic mass is 32.2. The smallest absolute Gasteiger partial charge is 0.321 e. The van der Waals surface area contributed by atoms with Crippen molar-refractivity contribution in [3.05, 3.63) is 35.9 Å². The van der Waals surface area contributed by atoms with Crippen LogP contribution < -0.4 is 10.6 Å². The highest BCUT2D eigenvalue weighted by Gasteiger charge is 2.16. The molecule has 0 heterocycles. The largest absolute Gasteiger partial charge is 0.388 e. The Bertz CT molecular complexity index is 472. The first-order chi connectivity index (χ1) is 9.78. The van der Waals surface area contributed by atoms with Crippen LogP contribution in [0.3, 0.4) is 0 Å². The molecule has 3 amide bonds. The molecule has 0 fully saturated rings. The Morgan fingerprint density at radius 1 is 1.24 bits per heavy atom. The average Bonchev–Trinajstić information content (AvgIpc) is 2.37. The number of amides is 3. The summed E-state index contributed by atoms with van der Waals surface area (Å²) < 4.78 is 0. The Kier molecular flexibility index (Phi) is 6.71. The number of benzene rings is 1. The third kappa shape index (κ3) is 7.72. The van der Waals surface area contributed by atoms with Crippen molar-refractivity contribution in [2.45, 2.75) is 32.4 Å². The van der Waals surface area contributed by atoms with Crippen molar-refractivity contribution in [2.24, 2.45) is 0 Å². The summed E-state index contributed by atoms with van der Waals surface area (Å²) in [4.78, 5) is 23.1. The lowest BCUT2D eigenvalue weighted by molar-refractivity contribution is -0.117. The van der Waals surface area contributed by atoms with Gasteiger partial charge in [-0.25, -0.2) is 4.79 Å². The number of hydrogen-bond acceptors (Lipinski definition) is 4. The van der Waals surface area contributed by atoms with Crippen molar-refractivity contribution in [3.63, 3.8) is 0 Å². The van der Waals surface area contributed by atoms with Gasteiger partial charge in [0.25, 0.3) is 0 Å². The van der Waals surface area contributed by atoms with E-state index in [1.54, 1.807) is 0 Å². The van der Waals surface area contributed by atoms with E-state index in [0.717, 1.165) is 5.56 Å². The van der Waals surface area contributed by atoms with Crippen molar-refractivity contribution in [1.29, 1.82) is 0 Å². The molecule has 0 aliphatic rings. The summed E-state index contributed by atoms with van der Waals surface area (Å²) in [6.45, 7) is 5.51. The standard InChI is InChI=1S/C15H22N2O3S/c1-15(2,3)17-14(20)16-13(19)10-21-9-12(18)11-7-5-4-6-8-11/h4-8,12,18H,9-10H2,1-3H3,(H2,16,17,19,20). The predicted molar refractivity (Wildman–Crippen MR) is 85.2 cm³/mol. The van der Waals surface area contributed by atoms with E-state index in [1.807, 2.05) is 51.1 Å². The molecular formula is C15H22N2O3S. The van der Waals surface area contributed by atoms with Crippen LogP contribution in [-0.2, 0) is 4.79 Å². The third-order valence-electron chi connectivity index (χ3n) is 2.43. The molecule has 1 aromatic carbocycles. The molecule has 3 N–H and O–H groups in total. The van der Waals surface area contributed by atoms with Crippen LogP contribution in [-0.4, -0.2) is 34.1 Å². The van der Waals surface area contributed by atoms with Gasteiger partial charge in [0.1, 0.15) is 0 Å². The van der Waals surface area contributed by atoms with Gasteiger partial charge in [-0.1, -0.05) is 30.3 Å². The number of aliphatic hydroxyl groups is 1. The van der Waals surface area contributed by atoms with Gasteiger partial charge in [0.2, 0.25) is 5.91 Å². The number of carbonyl (C=O) groups is 2. The first kappa shape index (κ1) is 17.5. The lowest BCUT2D eigenvalue weighted by Gasteiger charge is -2.20. The minimum Gasteiger partial charge on any atom is -0.388 e. The Labute approximate surface area is 129 Å². The molecule has 1 aromatic rings. The van der Waals surface area contributed by atoms with Crippen LogP contribution in [0.1, 0.15) is 32.4 Å². The van der Waals surface area contributed by atoms with Gasteiger partial charge >= 0.3 is 6.03 Å². The van der Waals surface area contributed by atoms with Crippen molar-refractivity contribution in [3.8, 4) is 0 Å². The zero-order valence-electron chi connectivity index (χ0n) is 12.6. The Morgan fingerprint density at radius 3 is 2.43 bits per heavy atom. The van der Waals surface area contributed by atoms with Gasteiger partial charge in [-0.15, -0.1) is 11.8 Å². The van der Waals surface area contributed by atoms with Crippen LogP contribution in [0.2, 0.25) is 0 Å². The number of rotatable bonds is 5. The fraction of sp³-hybridized carbons (Fsp3) is 0.467. The minimum absolute atomic E-state index is 0.126. The monoisotopic (exact) mass is 310 g/mol. The van der Waals surface area contributed by atoms with E-state index in [-0.39, 0.29) is 17.2 Å². The van der Waals surface area contributed by atoms with E-state index in [2.05, 4.69) is 10.6 Å². The van der Waals surface area contributed by atoms with Gasteiger partial charge in [-0.3, -0.25) is 10.1 Å². The summed E-state index contributed by atoms with van der Waals surface area (Å²) >= 11 is 1.28. The van der Waals surface area contributed by atoms with E-state index in [0.29, 0.717) is 5.75 Å². The molecular weight excluding hydrogens is 288 g/mol. The quantitative estimate of drug-likeness (QED) is 0.778. The number of nitrogens with one attached hydrogen (secondary N) is 2. The molecule has 0 aliphatic heterocycles. The molecule has 0 saturated carbocycles. The zero-order valence-corrected chi connectivity index (χ0v) is 13.4. The lowest BCUT2D eigenvalue weighted by atomic mass is 10.1. The second-order valence-corrected chi connectivity index (χ2v) is 6.72. The second kappa shape index (κ2) is 8.05. The normalized spacial score (nSPS) is 12.6. The molecule has 116 valence electrons. The number of carbonyl (C=O) groups excluding carboxylic acids is 2. The maximum absolute atomic E-state index is 11.6. The Morgan fingerprint density at radius 2 is 1.86 bits per heavy atom. The van der Waals surface area contributed by atoms with E-state index in [9.17, 15) is 14.7 Å². The number of thioether (sulfide) groups is 1. The molecule has 0 saturated heterocycles. The number of aliphatic hydroxyl groups excluding tert-OH is 1. The summed E-state index contributed by atoms with van der Waals surface area (Å²) in [5, 5.41) is 14.8. The number of imide groups is 1. The molecule has 0 bridgehead atoms. The van der Waals surface area contributed by atoms with Crippen LogP contribution in [0.15, 0.2) is 30.3 Å². The molecule has 0 aromatic heterocycles. The molecule has 0 radical (unpaired) electrons. The van der Waals surface area contributed by atoms with Gasteiger partial charge in [0.05, 0.1) is 11.9 Å². The summed E-state index contributed by atoms with van der Waals surface area (Å²) in [5.41, 5.74) is 0.428. The van der Waals surface area contributed by atoms with Gasteiger partial charge in [0.15, 0.2) is 0 Å². The van der Waals surface area contributed by atoms with Crippen molar-refractivity contribution in [1.82, 2.24) is 10.6 Å². The summed E-state index contributed by atoms with van der Waals surface area (Å²) in [7, 11) is 0. The van der Waals surface area contributed by atoms with Crippen LogP contribution in [0.5, 0.6) is 0 Å². The minimum atomic E-state index is -0.618. The zero-order chi connectivity index (χ0) is 15.9. The van der Waals surface area contributed by atoms with Crippen LogP contribution >= 0.6 is 11.8 Å². The highest BCUT2D eigenvalue weighted by molar-refractivity contribution is 7.99. The van der Waals surface area contributed by atoms with E-state index < -0.39 is 12.1 Å². The first-order valence-corrected chi connectivity index (χ1v) is 7.86. The predicted octanol–water partition coefficient (Wildman–Crippen LogP) is 2.08. The molecule has 5 nitrogen and oxygen atoms in total. The average molecular weight is 310 g/mol. The van der Waals surface area contributed by atoms with E-state index >= 15 is 0 Å². The summed E-state index contributed by atoms with van der Waals surface area (Å²) in [6, 6.07) is 8.76. The third-order valence-corrected chi connectivity index (χ3v) is 3.45. The maximum atomic E-state index is 11.6. The van der Waals surface area contributed by atoms with Crippen LogP contribution in [0.4, 0.5) is 4.79 Å². The van der Waals surface area contributed by atoms with Gasteiger partial charge in [-0.05, 0) is 26.3 Å². The van der Waals surface area contributed by atoms with Gasteiger partial charge < -0.3 is 10.4 Å². The molecule has 0 spiro atoms. The molecule has 1 rings (SSSR count). The van der Waals surface area contributed by atoms with Crippen molar-refractivity contribution >= 4 is 23.7 Å². The highest BCUT2D eigenvalue weighted by Crippen LogP contribution is 2.17. The van der Waals surface area contributed by atoms with E-state index in [1.165, 1.54) is 11.8 Å². The Hall–Kier alpha value is -1.53. The fourth-order valence-corrected chi connectivity index (χ4v) is 2.36. The lowest BCUT2D eigenvalue weighted by Crippen LogP contribution is -2.48. The SMILES string of the molecule is CC(C)(C)NC(=O)NC(=O)CSCC(O)c1ccccc1. The van der Waals surface area contributed by atoms with Crippen LogP contribution in [0, 0.1) is 0 Å². The number of hydrogen-bond donors (Lipinski definition) is 3. The molecule has 1 unspecified atom stereocenters. The molecule has 21 heavy (non-hydrogen) atoms. The van der Waals surface area contributed by atoms with Crippen molar-refractivity contribution < 1.29 is 14.7 Å². The molecule has 0 aliphatic carbocycles. The topological polar surface area (TPSA) is 78.4 Å². The molecule has 6 heteroatoms. The second-order valence-electron chi connectivity index (χ2n) is 5.69.